The van der Waals surface area contributed by atoms with Crippen LogP contribution in [0.25, 0.3) is 0 Å². The van der Waals surface area contributed by atoms with Gasteiger partial charge in [0.2, 0.25) is 11.5 Å². The van der Waals surface area contributed by atoms with Gasteiger partial charge in [0.25, 0.3) is 0 Å². The Morgan fingerprint density at radius 1 is 0.429 bits per heavy atom. The molecule has 0 bridgehead atoms. The maximum atomic E-state index is 10.4. The van der Waals surface area contributed by atoms with Gasteiger partial charge >= 0.3 is 0 Å². The molecule has 0 amide bonds. The molecule has 0 aliphatic rings. The minimum atomic E-state index is -0.0392. The number of nitriles is 2. The molecule has 0 atom stereocenters. The molecular weight excluding hydrogens is 524 g/mol. The van der Waals surface area contributed by atoms with E-state index in [0.29, 0.717) is 23.0 Å². The van der Waals surface area contributed by atoms with Gasteiger partial charge in [0, 0.05) is 0 Å². The van der Waals surface area contributed by atoms with Crippen LogP contribution in [0.5, 0.6) is 46.0 Å². The highest BCUT2D eigenvalue weighted by Crippen LogP contribution is 2.54. The van der Waals surface area contributed by atoms with Crippen LogP contribution >= 0.6 is 0 Å². The second-order valence-corrected chi connectivity index (χ2v) is 9.86. The molecule has 0 aliphatic heterocycles. The topological polar surface area (TPSA) is 84.5 Å². The molecule has 0 radical (unpaired) electrons. The molecular formula is C36H28N2O4. The van der Waals surface area contributed by atoms with Gasteiger partial charge in [0.05, 0.1) is 0 Å². The van der Waals surface area contributed by atoms with Gasteiger partial charge in [-0.2, -0.15) is 10.5 Å². The molecule has 0 fully saturated rings. The smallest absolute Gasteiger partial charge is 0.217 e. The molecule has 0 saturated heterocycles. The van der Waals surface area contributed by atoms with Crippen molar-refractivity contribution in [3.8, 4) is 58.1 Å². The van der Waals surface area contributed by atoms with Gasteiger partial charge in [-0.15, -0.1) is 0 Å². The average molecular weight is 553 g/mol. The van der Waals surface area contributed by atoms with E-state index >= 15 is 0 Å². The van der Waals surface area contributed by atoms with E-state index in [0.717, 1.165) is 22.3 Å². The monoisotopic (exact) mass is 552 g/mol. The van der Waals surface area contributed by atoms with Crippen LogP contribution in [0.1, 0.15) is 33.4 Å². The largest absolute Gasteiger partial charge is 0.452 e. The van der Waals surface area contributed by atoms with E-state index in [-0.39, 0.29) is 34.1 Å². The van der Waals surface area contributed by atoms with Crippen molar-refractivity contribution in [2.45, 2.75) is 27.7 Å². The van der Waals surface area contributed by atoms with Crippen LogP contribution in [0.4, 0.5) is 0 Å². The summed E-state index contributed by atoms with van der Waals surface area (Å²) in [7, 11) is 0. The first kappa shape index (κ1) is 27.8. The Kier molecular flexibility index (Phi) is 8.09. The van der Waals surface area contributed by atoms with Gasteiger partial charge in [-0.05, 0) is 75.2 Å². The summed E-state index contributed by atoms with van der Waals surface area (Å²) < 4.78 is 25.7. The Balaban J connectivity index is 1.83. The molecule has 206 valence electrons. The number of ether oxygens (including phenoxy) is 4. The maximum absolute atomic E-state index is 10.4. The highest BCUT2D eigenvalue weighted by molar-refractivity contribution is 5.75. The van der Waals surface area contributed by atoms with Gasteiger partial charge in [-0.1, -0.05) is 71.8 Å². The van der Waals surface area contributed by atoms with Gasteiger partial charge in [-0.3, -0.25) is 0 Å². The van der Waals surface area contributed by atoms with Crippen LogP contribution in [-0.4, -0.2) is 0 Å². The number of nitrogens with zero attached hydrogens (tertiary/aromatic N) is 2. The van der Waals surface area contributed by atoms with Crippen LogP contribution < -0.4 is 18.9 Å². The van der Waals surface area contributed by atoms with Gasteiger partial charge in [0.15, 0.2) is 11.5 Å². The van der Waals surface area contributed by atoms with Gasteiger partial charge < -0.3 is 18.9 Å². The first-order valence-corrected chi connectivity index (χ1v) is 13.4. The fourth-order valence-electron chi connectivity index (χ4n) is 4.26. The second kappa shape index (κ2) is 12.2. The molecule has 0 saturated carbocycles. The summed E-state index contributed by atoms with van der Waals surface area (Å²) in [4.78, 5) is 0. The third-order valence-electron chi connectivity index (χ3n) is 6.64. The lowest BCUT2D eigenvalue weighted by atomic mass is 10.0. The average Bonchev–Trinajstić information content (AvgIpc) is 2.99. The van der Waals surface area contributed by atoms with E-state index in [2.05, 4.69) is 12.1 Å². The Morgan fingerprint density at radius 2 is 0.786 bits per heavy atom. The zero-order chi connectivity index (χ0) is 29.6. The van der Waals surface area contributed by atoms with Gasteiger partial charge in [0.1, 0.15) is 46.3 Å². The van der Waals surface area contributed by atoms with Crippen LogP contribution in [-0.2, 0) is 0 Å². The lowest BCUT2D eigenvalue weighted by Gasteiger charge is -2.22. The summed E-state index contributed by atoms with van der Waals surface area (Å²) in [6.45, 7) is 7.75. The number of hydrogen-bond acceptors (Lipinski definition) is 6. The summed E-state index contributed by atoms with van der Waals surface area (Å²) in [5.41, 5.74) is 3.70. The van der Waals surface area contributed by atoms with Crippen molar-refractivity contribution in [1.29, 1.82) is 10.5 Å². The van der Waals surface area contributed by atoms with Crippen molar-refractivity contribution < 1.29 is 18.9 Å². The highest BCUT2D eigenvalue weighted by atomic mass is 16.6. The summed E-state index contributed by atoms with van der Waals surface area (Å²) in [6, 6.07) is 34.1. The van der Waals surface area contributed by atoms with Crippen molar-refractivity contribution in [3.05, 3.63) is 130 Å². The quantitative estimate of drug-likeness (QED) is 0.190. The van der Waals surface area contributed by atoms with Crippen molar-refractivity contribution in [3.63, 3.8) is 0 Å². The first-order chi connectivity index (χ1) is 20.4. The Morgan fingerprint density at radius 3 is 1.12 bits per heavy atom. The van der Waals surface area contributed by atoms with Crippen molar-refractivity contribution in [1.82, 2.24) is 0 Å². The number of para-hydroxylation sites is 2. The van der Waals surface area contributed by atoms with E-state index in [9.17, 15) is 10.5 Å². The SMILES string of the molecule is Cc1ccc(Oc2c(Oc3ccccc3C)c(C#N)c(C#N)c(Oc3ccccc3C)c2Oc2ccc(C)cc2)cc1. The fourth-order valence-corrected chi connectivity index (χ4v) is 4.26. The lowest BCUT2D eigenvalue weighted by molar-refractivity contribution is 0.364. The summed E-state index contributed by atoms with van der Waals surface area (Å²) >= 11 is 0. The predicted octanol–water partition coefficient (Wildman–Crippen LogP) is 9.83. The number of aryl methyl sites for hydroxylation is 4. The van der Waals surface area contributed by atoms with Crippen molar-refractivity contribution in [2.24, 2.45) is 0 Å². The summed E-state index contributed by atoms with van der Waals surface area (Å²) in [5.74, 6) is 2.26. The molecule has 5 aromatic carbocycles. The Hall–Kier alpha value is -5.72. The zero-order valence-electron chi connectivity index (χ0n) is 23.8. The predicted molar refractivity (Wildman–Crippen MR) is 161 cm³/mol. The molecule has 0 aliphatic carbocycles. The summed E-state index contributed by atoms with van der Waals surface area (Å²) in [6.07, 6.45) is 0. The number of rotatable bonds is 8. The van der Waals surface area contributed by atoms with E-state index < -0.39 is 0 Å². The molecule has 6 heteroatoms. The minimum absolute atomic E-state index is 0.0392. The van der Waals surface area contributed by atoms with Crippen molar-refractivity contribution in [2.75, 3.05) is 0 Å². The number of benzene rings is 5. The van der Waals surface area contributed by atoms with Crippen LogP contribution in [0.3, 0.4) is 0 Å². The normalized spacial score (nSPS) is 10.3. The van der Waals surface area contributed by atoms with Crippen LogP contribution in [0.15, 0.2) is 97.1 Å². The van der Waals surface area contributed by atoms with Gasteiger partial charge in [-0.25, -0.2) is 0 Å². The van der Waals surface area contributed by atoms with E-state index in [4.69, 9.17) is 18.9 Å². The molecule has 0 spiro atoms. The fraction of sp³-hybridized carbons (Fsp3) is 0.111. The molecule has 0 heterocycles. The molecule has 6 nitrogen and oxygen atoms in total. The molecule has 0 aromatic heterocycles. The molecule has 5 rings (SSSR count). The third-order valence-corrected chi connectivity index (χ3v) is 6.64. The van der Waals surface area contributed by atoms with E-state index in [1.807, 2.05) is 113 Å². The minimum Gasteiger partial charge on any atom is -0.452 e. The number of hydrogen-bond donors (Lipinski definition) is 0. The molecule has 0 N–H and O–H groups in total. The first-order valence-electron chi connectivity index (χ1n) is 13.4. The Labute approximate surface area is 245 Å². The zero-order valence-corrected chi connectivity index (χ0v) is 23.8. The maximum Gasteiger partial charge on any atom is 0.217 e. The lowest BCUT2D eigenvalue weighted by Crippen LogP contribution is -2.04. The van der Waals surface area contributed by atoms with Crippen LogP contribution in [0, 0.1) is 50.4 Å². The molecule has 0 unspecified atom stereocenters. The highest BCUT2D eigenvalue weighted by Gasteiger charge is 2.32. The summed E-state index contributed by atoms with van der Waals surface area (Å²) in [5, 5.41) is 20.9. The van der Waals surface area contributed by atoms with Crippen molar-refractivity contribution >= 4 is 0 Å². The molecule has 42 heavy (non-hydrogen) atoms. The molecule has 5 aromatic rings. The standard InChI is InChI=1S/C36H28N2O4/c1-23-13-17-27(18-14-23)39-35-33(41-31-11-7-5-9-25(31)3)29(21-37)30(22-38)34(42-32-12-8-6-10-26(32)4)36(35)40-28-19-15-24(2)16-20-28/h5-20H,1-4H3. The van der Waals surface area contributed by atoms with Crippen LogP contribution in [0.2, 0.25) is 0 Å². The Bertz CT molecular complexity index is 1690. The third kappa shape index (κ3) is 5.89. The second-order valence-electron chi connectivity index (χ2n) is 9.86. The van der Waals surface area contributed by atoms with E-state index in [1.165, 1.54) is 0 Å². The van der Waals surface area contributed by atoms with E-state index in [1.54, 1.807) is 12.1 Å².